The number of carbonyl (C=O) groups excluding carboxylic acids is 2. The van der Waals surface area contributed by atoms with E-state index in [-0.39, 0.29) is 26.1 Å². The minimum Gasteiger partial charge on any atom is -0.462 e. The van der Waals surface area contributed by atoms with Gasteiger partial charge in [0.1, 0.15) is 55.4 Å². The zero-order valence-electron chi connectivity index (χ0n) is 38.0. The maximum atomic E-state index is 13.0. The molecule has 0 saturated carbocycles. The van der Waals surface area contributed by atoms with Crippen LogP contribution in [0.1, 0.15) is 149 Å². The lowest BCUT2D eigenvalue weighted by atomic mass is 9.98. The number of hydrogen-bond donors (Lipinski definition) is 7. The van der Waals surface area contributed by atoms with Crippen LogP contribution in [0.5, 0.6) is 0 Å². The van der Waals surface area contributed by atoms with E-state index in [4.69, 9.17) is 28.4 Å². The summed E-state index contributed by atoms with van der Waals surface area (Å²) < 4.78 is 33.4. The van der Waals surface area contributed by atoms with Crippen LogP contribution in [0.25, 0.3) is 0 Å². The molecule has 15 heteroatoms. The van der Waals surface area contributed by atoms with Crippen molar-refractivity contribution in [3.8, 4) is 0 Å². The zero-order valence-corrected chi connectivity index (χ0v) is 38.0. The molecule has 2 rings (SSSR count). The predicted octanol–water partition coefficient (Wildman–Crippen LogP) is 5.54. The van der Waals surface area contributed by atoms with Crippen LogP contribution < -0.4 is 0 Å². The van der Waals surface area contributed by atoms with Gasteiger partial charge in [-0.1, -0.05) is 120 Å². The van der Waals surface area contributed by atoms with E-state index >= 15 is 0 Å². The molecule has 0 aromatic carbocycles. The Balaban J connectivity index is 1.83. The summed E-state index contributed by atoms with van der Waals surface area (Å²) in [7, 11) is 0. The lowest BCUT2D eigenvalue weighted by Crippen LogP contribution is -2.61. The Morgan fingerprint density at radius 3 is 1.59 bits per heavy atom. The van der Waals surface area contributed by atoms with Crippen LogP contribution in [-0.4, -0.2) is 142 Å². The lowest BCUT2D eigenvalue weighted by molar-refractivity contribution is -0.332. The number of aliphatic hydroxyl groups excluding tert-OH is 7. The molecule has 0 bridgehead atoms. The largest absolute Gasteiger partial charge is 0.462 e. The summed E-state index contributed by atoms with van der Waals surface area (Å²) in [5.74, 6) is -0.953. The topological polar surface area (TPSA) is 231 Å². The van der Waals surface area contributed by atoms with Gasteiger partial charge in [0.2, 0.25) is 0 Å². The number of unbranched alkanes of at least 4 members (excludes halogenated alkanes) is 13. The Morgan fingerprint density at radius 1 is 0.524 bits per heavy atom. The Kier molecular flexibility index (Phi) is 32.1. The highest BCUT2D eigenvalue weighted by Crippen LogP contribution is 2.26. The molecule has 2 fully saturated rings. The number of hydrogen-bond acceptors (Lipinski definition) is 15. The van der Waals surface area contributed by atoms with Gasteiger partial charge in [0.15, 0.2) is 18.7 Å². The fourth-order valence-electron chi connectivity index (χ4n) is 7.11. The van der Waals surface area contributed by atoms with Crippen LogP contribution in [0.4, 0.5) is 0 Å². The van der Waals surface area contributed by atoms with Crippen LogP contribution in [0.3, 0.4) is 0 Å². The Morgan fingerprint density at radius 2 is 1.00 bits per heavy atom. The smallest absolute Gasteiger partial charge is 0.306 e. The third-order valence-corrected chi connectivity index (χ3v) is 11.0. The highest BCUT2D eigenvalue weighted by molar-refractivity contribution is 5.70. The molecular formula is C48H82O15. The van der Waals surface area contributed by atoms with E-state index < -0.39 is 92.7 Å². The molecule has 0 aliphatic carbocycles. The van der Waals surface area contributed by atoms with Gasteiger partial charge in [-0.25, -0.2) is 0 Å². The molecule has 2 aliphatic heterocycles. The quantitative estimate of drug-likeness (QED) is 0.0235. The summed E-state index contributed by atoms with van der Waals surface area (Å²) in [6, 6.07) is 0. The molecule has 2 saturated heterocycles. The molecule has 11 atom stereocenters. The fraction of sp³-hybridized carbons (Fsp3) is 0.792. The highest BCUT2D eigenvalue weighted by atomic mass is 16.7. The van der Waals surface area contributed by atoms with Crippen LogP contribution in [-0.2, 0) is 38.0 Å². The number of aliphatic hydroxyl groups is 7. The standard InChI is InChI=1S/C48H82O15/c1-3-5-7-9-11-13-15-16-17-18-19-20-21-23-25-27-29-31-40(51)61-36(33-58-39(50)30-28-26-24-22-14-12-10-8-6-4-2)34-59-47-46(57)44(55)42(53)38(63-47)35-60-48-45(56)43(54)41(52)37(32-49)62-48/h5,7-8,10-11,13,16-17,36-38,41-49,52-57H,3-4,6,9,12,14-15,18-35H2,1-2H3/b7-5-,10-8-,13-11-,17-16-. The maximum Gasteiger partial charge on any atom is 0.306 e. The summed E-state index contributed by atoms with van der Waals surface area (Å²) in [6.07, 6.45) is 20.1. The summed E-state index contributed by atoms with van der Waals surface area (Å²) in [5, 5.41) is 71.9. The van der Waals surface area contributed by atoms with Gasteiger partial charge in [-0.15, -0.1) is 0 Å². The molecule has 0 aromatic heterocycles. The Bertz CT molecular complexity index is 1290. The van der Waals surface area contributed by atoms with Gasteiger partial charge in [0, 0.05) is 12.8 Å². The first-order valence-corrected chi connectivity index (χ1v) is 23.7. The molecule has 63 heavy (non-hydrogen) atoms. The molecular weight excluding hydrogens is 817 g/mol. The van der Waals surface area contributed by atoms with Crippen molar-refractivity contribution >= 4 is 11.9 Å². The molecule has 0 amide bonds. The molecule has 11 unspecified atom stereocenters. The lowest BCUT2D eigenvalue weighted by Gasteiger charge is -2.42. The van der Waals surface area contributed by atoms with E-state index in [9.17, 15) is 45.3 Å². The van der Waals surface area contributed by atoms with Crippen molar-refractivity contribution in [1.82, 2.24) is 0 Å². The first-order chi connectivity index (χ1) is 30.5. The van der Waals surface area contributed by atoms with Gasteiger partial charge in [0.25, 0.3) is 0 Å². The molecule has 0 aromatic rings. The van der Waals surface area contributed by atoms with Gasteiger partial charge in [-0.3, -0.25) is 9.59 Å². The van der Waals surface area contributed by atoms with Gasteiger partial charge >= 0.3 is 11.9 Å². The second kappa shape index (κ2) is 35.7. The van der Waals surface area contributed by atoms with Crippen LogP contribution in [0.15, 0.2) is 48.6 Å². The first-order valence-electron chi connectivity index (χ1n) is 23.7. The van der Waals surface area contributed by atoms with E-state index in [2.05, 4.69) is 62.5 Å². The zero-order chi connectivity index (χ0) is 46.1. The first kappa shape index (κ1) is 56.6. The summed E-state index contributed by atoms with van der Waals surface area (Å²) in [6.45, 7) is 2.37. The van der Waals surface area contributed by atoms with Crippen LogP contribution in [0.2, 0.25) is 0 Å². The molecule has 7 N–H and O–H groups in total. The maximum absolute atomic E-state index is 13.0. The summed E-state index contributed by atoms with van der Waals surface area (Å²) in [4.78, 5) is 25.6. The van der Waals surface area contributed by atoms with Gasteiger partial charge in [-0.2, -0.15) is 0 Å². The summed E-state index contributed by atoms with van der Waals surface area (Å²) >= 11 is 0. The molecule has 0 radical (unpaired) electrons. The highest BCUT2D eigenvalue weighted by Gasteiger charge is 2.47. The monoisotopic (exact) mass is 899 g/mol. The Labute approximate surface area is 376 Å². The average Bonchev–Trinajstić information content (AvgIpc) is 3.28. The number of ether oxygens (including phenoxy) is 6. The van der Waals surface area contributed by atoms with E-state index in [0.717, 1.165) is 109 Å². The van der Waals surface area contributed by atoms with Gasteiger partial charge < -0.3 is 64.2 Å². The number of carbonyl (C=O) groups is 2. The number of rotatable bonds is 35. The third kappa shape index (κ3) is 24.5. The van der Waals surface area contributed by atoms with Crippen molar-refractivity contribution < 1.29 is 73.8 Å². The molecule has 15 nitrogen and oxygen atoms in total. The van der Waals surface area contributed by atoms with E-state index in [0.29, 0.717) is 12.8 Å². The van der Waals surface area contributed by atoms with E-state index in [1.807, 2.05) is 0 Å². The van der Waals surface area contributed by atoms with Crippen molar-refractivity contribution in [2.75, 3.05) is 26.4 Å². The van der Waals surface area contributed by atoms with Gasteiger partial charge in [0.05, 0.1) is 19.8 Å². The normalized spacial score (nSPS) is 27.3. The van der Waals surface area contributed by atoms with Crippen molar-refractivity contribution in [3.63, 3.8) is 0 Å². The van der Waals surface area contributed by atoms with Crippen molar-refractivity contribution in [2.24, 2.45) is 0 Å². The van der Waals surface area contributed by atoms with E-state index in [1.165, 1.54) is 0 Å². The van der Waals surface area contributed by atoms with Crippen molar-refractivity contribution in [3.05, 3.63) is 48.6 Å². The SMILES string of the molecule is CC/C=C\C/C=C\C/C=C\CCCCCCCCCC(=O)OC(COC(=O)CCCCCCC/C=C\CCC)COC1OC(COC2OC(CO)C(O)C(O)C2O)C(O)C(O)C1O. The van der Waals surface area contributed by atoms with Gasteiger partial charge in [-0.05, 0) is 64.2 Å². The predicted molar refractivity (Wildman–Crippen MR) is 238 cm³/mol. The second-order valence-electron chi connectivity index (χ2n) is 16.5. The van der Waals surface area contributed by atoms with Crippen LogP contribution in [0, 0.1) is 0 Å². The van der Waals surface area contributed by atoms with Crippen molar-refractivity contribution in [2.45, 2.75) is 216 Å². The molecule has 364 valence electrons. The molecule has 0 spiro atoms. The van der Waals surface area contributed by atoms with Crippen LogP contribution >= 0.6 is 0 Å². The molecule has 2 aliphatic rings. The Hall–Kier alpha value is -2.54. The average molecular weight is 899 g/mol. The minimum atomic E-state index is -1.77. The third-order valence-electron chi connectivity index (χ3n) is 11.0. The second-order valence-corrected chi connectivity index (χ2v) is 16.5. The molecule has 2 heterocycles. The van der Waals surface area contributed by atoms with Crippen molar-refractivity contribution in [1.29, 1.82) is 0 Å². The fourth-order valence-corrected chi connectivity index (χ4v) is 7.11. The summed E-state index contributed by atoms with van der Waals surface area (Å²) in [5.41, 5.74) is 0. The minimum absolute atomic E-state index is 0.151. The number of allylic oxidation sites excluding steroid dienone is 8. The van der Waals surface area contributed by atoms with E-state index in [1.54, 1.807) is 0 Å². The number of esters is 2.